The number of nitrogens with zero attached hydrogens (tertiary/aromatic N) is 4. The first-order chi connectivity index (χ1) is 10.8. The summed E-state index contributed by atoms with van der Waals surface area (Å²) < 4.78 is 2.84. The summed E-state index contributed by atoms with van der Waals surface area (Å²) >= 11 is 3.46. The standard InChI is InChI=1S/C16H12BrN5/c17-13-8-6-11(7-9-13)14-10-15(12-4-2-1-3-5-12)22-16(18-14)19-20-21-22/h1-10,15H,(H,18,19,21)/t15-/m1/s1. The third-order valence-electron chi connectivity index (χ3n) is 3.62. The lowest BCUT2D eigenvalue weighted by Crippen LogP contribution is -2.20. The molecule has 1 atom stereocenters. The minimum Gasteiger partial charge on any atom is -0.323 e. The number of nitrogens with one attached hydrogen (secondary N) is 1. The first kappa shape index (κ1) is 13.2. The number of allylic oxidation sites excluding steroid dienone is 1. The molecule has 108 valence electrons. The Labute approximate surface area is 135 Å². The lowest BCUT2D eigenvalue weighted by Gasteiger charge is -2.23. The topological polar surface area (TPSA) is 55.6 Å². The van der Waals surface area contributed by atoms with E-state index < -0.39 is 0 Å². The van der Waals surface area contributed by atoms with Crippen LogP contribution in [-0.4, -0.2) is 20.2 Å². The highest BCUT2D eigenvalue weighted by atomic mass is 79.9. The maximum Gasteiger partial charge on any atom is 0.248 e. The summed E-state index contributed by atoms with van der Waals surface area (Å²) in [6, 6.07) is 18.3. The van der Waals surface area contributed by atoms with Crippen molar-refractivity contribution < 1.29 is 0 Å². The van der Waals surface area contributed by atoms with Crippen LogP contribution in [0.25, 0.3) is 5.70 Å². The van der Waals surface area contributed by atoms with Gasteiger partial charge in [-0.1, -0.05) is 63.5 Å². The Kier molecular flexibility index (Phi) is 3.23. The monoisotopic (exact) mass is 353 g/mol. The number of aromatic nitrogens is 4. The van der Waals surface area contributed by atoms with Crippen LogP contribution in [-0.2, 0) is 0 Å². The normalized spacial score (nSPS) is 16.6. The number of hydrogen-bond acceptors (Lipinski definition) is 4. The van der Waals surface area contributed by atoms with Crippen molar-refractivity contribution in [2.24, 2.45) is 0 Å². The summed E-state index contributed by atoms with van der Waals surface area (Å²) in [7, 11) is 0. The molecule has 6 heteroatoms. The predicted molar refractivity (Wildman–Crippen MR) is 88.1 cm³/mol. The van der Waals surface area contributed by atoms with Gasteiger partial charge in [0.05, 0.1) is 0 Å². The molecule has 0 saturated heterocycles. The van der Waals surface area contributed by atoms with Gasteiger partial charge in [0.1, 0.15) is 6.04 Å². The first-order valence-electron chi connectivity index (χ1n) is 6.89. The summed E-state index contributed by atoms with van der Waals surface area (Å²) in [6.07, 6.45) is 2.14. The van der Waals surface area contributed by atoms with E-state index >= 15 is 0 Å². The number of anilines is 1. The fourth-order valence-electron chi connectivity index (χ4n) is 2.54. The molecule has 2 aromatic carbocycles. The van der Waals surface area contributed by atoms with E-state index in [1.54, 1.807) is 4.68 Å². The van der Waals surface area contributed by atoms with Crippen LogP contribution >= 0.6 is 15.9 Å². The number of halogens is 1. The summed E-state index contributed by atoms with van der Waals surface area (Å²) in [5.41, 5.74) is 3.24. The second-order valence-electron chi connectivity index (χ2n) is 5.01. The highest BCUT2D eigenvalue weighted by molar-refractivity contribution is 9.10. The maximum atomic E-state index is 4.10. The van der Waals surface area contributed by atoms with Crippen LogP contribution in [0.1, 0.15) is 17.2 Å². The Morgan fingerprint density at radius 3 is 2.55 bits per heavy atom. The second-order valence-corrected chi connectivity index (χ2v) is 5.93. The number of fused-ring (bicyclic) bond motifs is 1. The van der Waals surface area contributed by atoms with Gasteiger partial charge in [0.2, 0.25) is 5.95 Å². The molecule has 0 fully saturated rings. The van der Waals surface area contributed by atoms with Crippen LogP contribution in [0.5, 0.6) is 0 Å². The molecule has 22 heavy (non-hydrogen) atoms. The van der Waals surface area contributed by atoms with Gasteiger partial charge in [-0.2, -0.15) is 4.68 Å². The number of rotatable bonds is 2. The Morgan fingerprint density at radius 1 is 1.00 bits per heavy atom. The molecule has 0 spiro atoms. The van der Waals surface area contributed by atoms with E-state index in [-0.39, 0.29) is 6.04 Å². The van der Waals surface area contributed by atoms with E-state index in [1.165, 1.54) is 0 Å². The van der Waals surface area contributed by atoms with Crippen molar-refractivity contribution in [2.75, 3.05) is 5.32 Å². The van der Waals surface area contributed by atoms with E-state index in [0.29, 0.717) is 5.95 Å². The van der Waals surface area contributed by atoms with Gasteiger partial charge in [0.15, 0.2) is 0 Å². The van der Waals surface area contributed by atoms with Gasteiger partial charge < -0.3 is 5.32 Å². The molecular weight excluding hydrogens is 342 g/mol. The fraction of sp³-hybridized carbons (Fsp3) is 0.0625. The molecule has 0 saturated carbocycles. The number of benzene rings is 2. The van der Waals surface area contributed by atoms with E-state index in [1.807, 2.05) is 30.3 Å². The zero-order valence-corrected chi connectivity index (χ0v) is 13.1. The van der Waals surface area contributed by atoms with Gasteiger partial charge in [-0.25, -0.2) is 0 Å². The van der Waals surface area contributed by atoms with Crippen molar-refractivity contribution in [3.63, 3.8) is 0 Å². The molecule has 2 heterocycles. The zero-order valence-electron chi connectivity index (χ0n) is 11.5. The van der Waals surface area contributed by atoms with Gasteiger partial charge in [-0.15, -0.1) is 0 Å². The summed E-state index contributed by atoms with van der Waals surface area (Å²) in [5, 5.41) is 15.2. The molecule has 3 aromatic rings. The van der Waals surface area contributed by atoms with Crippen LogP contribution in [0, 0.1) is 0 Å². The second kappa shape index (κ2) is 5.38. The quantitative estimate of drug-likeness (QED) is 0.766. The van der Waals surface area contributed by atoms with Crippen LogP contribution < -0.4 is 5.32 Å². The van der Waals surface area contributed by atoms with Crippen molar-refractivity contribution in [3.8, 4) is 0 Å². The highest BCUT2D eigenvalue weighted by Crippen LogP contribution is 2.31. The Hall–Kier alpha value is -2.47. The number of hydrogen-bond donors (Lipinski definition) is 1. The van der Waals surface area contributed by atoms with Gasteiger partial charge in [0, 0.05) is 10.2 Å². The smallest absolute Gasteiger partial charge is 0.248 e. The molecular formula is C16H12BrN5. The lowest BCUT2D eigenvalue weighted by molar-refractivity contribution is 0.586. The molecule has 1 aromatic heterocycles. The van der Waals surface area contributed by atoms with Crippen LogP contribution in [0.2, 0.25) is 0 Å². The van der Waals surface area contributed by atoms with Crippen LogP contribution in [0.15, 0.2) is 65.1 Å². The molecule has 1 aliphatic rings. The van der Waals surface area contributed by atoms with Crippen molar-refractivity contribution in [3.05, 3.63) is 76.3 Å². The maximum absolute atomic E-state index is 4.10. The average Bonchev–Trinajstić information content (AvgIpc) is 3.04. The SMILES string of the molecule is Brc1ccc(C2=C[C@H](c3ccccc3)n3nnnc3N2)cc1. The molecule has 0 unspecified atom stereocenters. The number of tetrazole rings is 1. The van der Waals surface area contributed by atoms with Gasteiger partial charge >= 0.3 is 0 Å². The van der Waals surface area contributed by atoms with Gasteiger partial charge in [0.25, 0.3) is 0 Å². The Morgan fingerprint density at radius 2 is 1.77 bits per heavy atom. The molecule has 0 bridgehead atoms. The minimum absolute atomic E-state index is 0.0221. The fourth-order valence-corrected chi connectivity index (χ4v) is 2.80. The molecule has 4 rings (SSSR count). The summed E-state index contributed by atoms with van der Waals surface area (Å²) in [6.45, 7) is 0. The van der Waals surface area contributed by atoms with Crippen molar-refractivity contribution in [2.45, 2.75) is 6.04 Å². The summed E-state index contributed by atoms with van der Waals surface area (Å²) in [4.78, 5) is 0. The molecule has 0 amide bonds. The first-order valence-corrected chi connectivity index (χ1v) is 7.68. The molecule has 0 radical (unpaired) electrons. The lowest BCUT2D eigenvalue weighted by atomic mass is 10.0. The van der Waals surface area contributed by atoms with E-state index in [2.05, 4.69) is 67.1 Å². The van der Waals surface area contributed by atoms with Crippen LogP contribution in [0.3, 0.4) is 0 Å². The average molecular weight is 354 g/mol. The Balaban J connectivity index is 1.81. The van der Waals surface area contributed by atoms with E-state index in [0.717, 1.165) is 21.3 Å². The highest BCUT2D eigenvalue weighted by Gasteiger charge is 2.23. The molecule has 0 aliphatic carbocycles. The molecule has 1 aliphatic heterocycles. The van der Waals surface area contributed by atoms with Gasteiger partial charge in [-0.3, -0.25) is 0 Å². The van der Waals surface area contributed by atoms with E-state index in [9.17, 15) is 0 Å². The molecule has 5 nitrogen and oxygen atoms in total. The van der Waals surface area contributed by atoms with Crippen molar-refractivity contribution in [1.82, 2.24) is 20.2 Å². The molecule has 1 N–H and O–H groups in total. The third-order valence-corrected chi connectivity index (χ3v) is 4.15. The zero-order chi connectivity index (χ0) is 14.9. The van der Waals surface area contributed by atoms with Gasteiger partial charge in [-0.05, 0) is 39.8 Å². The summed E-state index contributed by atoms with van der Waals surface area (Å²) in [5.74, 6) is 0.647. The van der Waals surface area contributed by atoms with Crippen molar-refractivity contribution >= 4 is 27.6 Å². The Bertz CT molecular complexity index is 823. The van der Waals surface area contributed by atoms with Crippen molar-refractivity contribution in [1.29, 1.82) is 0 Å². The third kappa shape index (κ3) is 2.31. The predicted octanol–water partition coefficient (Wildman–Crippen LogP) is 3.49. The minimum atomic E-state index is -0.0221. The largest absolute Gasteiger partial charge is 0.323 e. The van der Waals surface area contributed by atoms with E-state index in [4.69, 9.17) is 0 Å². The van der Waals surface area contributed by atoms with Crippen LogP contribution in [0.4, 0.5) is 5.95 Å².